The van der Waals surface area contributed by atoms with Gasteiger partial charge in [0.05, 0.1) is 0 Å². The van der Waals surface area contributed by atoms with Crippen molar-refractivity contribution in [3.63, 3.8) is 0 Å². The number of amides is 1. The zero-order valence-corrected chi connectivity index (χ0v) is 14.1. The molecule has 0 bridgehead atoms. The summed E-state index contributed by atoms with van der Waals surface area (Å²) in [6, 6.07) is 10.2. The zero-order chi connectivity index (χ0) is 16.1. The molecule has 3 rings (SSSR count). The molecule has 1 aliphatic heterocycles. The van der Waals surface area contributed by atoms with Crippen molar-refractivity contribution in [3.8, 4) is 0 Å². The van der Waals surface area contributed by atoms with Gasteiger partial charge in [-0.2, -0.15) is 0 Å². The Morgan fingerprint density at radius 3 is 2.65 bits per heavy atom. The molecule has 1 heterocycles. The van der Waals surface area contributed by atoms with Gasteiger partial charge in [0.15, 0.2) is 0 Å². The summed E-state index contributed by atoms with van der Waals surface area (Å²) < 4.78 is 6.09. The highest BCUT2D eigenvalue weighted by Gasteiger charge is 2.50. The van der Waals surface area contributed by atoms with Gasteiger partial charge in [0.25, 0.3) is 5.91 Å². The third kappa shape index (κ3) is 3.43. The summed E-state index contributed by atoms with van der Waals surface area (Å²) in [6.07, 6.45) is 5.84. The molecule has 1 saturated carbocycles. The van der Waals surface area contributed by atoms with Gasteiger partial charge in [-0.15, -0.1) is 0 Å². The van der Waals surface area contributed by atoms with Crippen molar-refractivity contribution in [1.82, 2.24) is 10.2 Å². The fraction of sp³-hybridized carbons (Fsp3) is 0.632. The Hall–Kier alpha value is -1.39. The molecule has 1 atom stereocenters. The fourth-order valence-electron chi connectivity index (χ4n) is 4.03. The van der Waals surface area contributed by atoms with E-state index in [2.05, 4.69) is 17.4 Å². The van der Waals surface area contributed by atoms with Gasteiger partial charge in [0.2, 0.25) is 5.72 Å². The van der Waals surface area contributed by atoms with Crippen molar-refractivity contribution in [1.29, 1.82) is 0 Å². The number of carbonyl (C=O) groups excluding carboxylic acids is 1. The minimum atomic E-state index is -0.803. The van der Waals surface area contributed by atoms with Gasteiger partial charge >= 0.3 is 0 Å². The van der Waals surface area contributed by atoms with E-state index in [4.69, 9.17) is 4.74 Å². The lowest BCUT2D eigenvalue weighted by molar-refractivity contribution is -0.183. The number of rotatable bonds is 5. The maximum Gasteiger partial charge on any atom is 0.270 e. The van der Waals surface area contributed by atoms with Crippen LogP contribution in [0.25, 0.3) is 0 Å². The average molecular weight is 316 g/mol. The van der Waals surface area contributed by atoms with Crippen molar-refractivity contribution in [3.05, 3.63) is 35.9 Å². The number of hydrogen-bond acceptors (Lipinski definition) is 3. The monoisotopic (exact) mass is 316 g/mol. The van der Waals surface area contributed by atoms with Crippen molar-refractivity contribution in [2.24, 2.45) is 5.92 Å². The molecule has 1 aliphatic carbocycles. The van der Waals surface area contributed by atoms with Crippen LogP contribution in [-0.4, -0.2) is 36.2 Å². The summed E-state index contributed by atoms with van der Waals surface area (Å²) in [5, 5.41) is 3.46. The first-order valence-corrected chi connectivity index (χ1v) is 8.98. The van der Waals surface area contributed by atoms with Crippen LogP contribution in [-0.2, 0) is 16.1 Å². The maximum atomic E-state index is 13.3. The third-order valence-electron chi connectivity index (χ3n) is 5.14. The van der Waals surface area contributed by atoms with E-state index >= 15 is 0 Å². The molecule has 1 amide bonds. The van der Waals surface area contributed by atoms with Crippen molar-refractivity contribution in [2.75, 3.05) is 19.7 Å². The number of benzene rings is 1. The highest BCUT2D eigenvalue weighted by Crippen LogP contribution is 2.36. The second kappa shape index (κ2) is 7.45. The smallest absolute Gasteiger partial charge is 0.270 e. The fourth-order valence-corrected chi connectivity index (χ4v) is 4.03. The summed E-state index contributed by atoms with van der Waals surface area (Å²) in [7, 11) is 0. The Labute approximate surface area is 139 Å². The van der Waals surface area contributed by atoms with Crippen LogP contribution in [0.5, 0.6) is 0 Å². The second-order valence-corrected chi connectivity index (χ2v) is 6.64. The third-order valence-corrected chi connectivity index (χ3v) is 5.14. The Balaban J connectivity index is 1.80. The van der Waals surface area contributed by atoms with Crippen LogP contribution in [0, 0.1) is 5.92 Å². The van der Waals surface area contributed by atoms with E-state index < -0.39 is 5.72 Å². The number of hydrogen-bond donors (Lipinski definition) is 1. The molecule has 23 heavy (non-hydrogen) atoms. The van der Waals surface area contributed by atoms with Gasteiger partial charge in [0, 0.05) is 32.2 Å². The highest BCUT2D eigenvalue weighted by atomic mass is 16.5. The quantitative estimate of drug-likeness (QED) is 0.908. The molecule has 1 aromatic carbocycles. The number of carbonyl (C=O) groups is 1. The van der Waals surface area contributed by atoms with Crippen LogP contribution in [0.4, 0.5) is 0 Å². The Morgan fingerprint density at radius 1 is 1.22 bits per heavy atom. The molecule has 1 N–H and O–H groups in total. The standard InChI is InChI=1S/C19H28N2O2/c1-2-23-19(17-11-7-4-8-12-17)18(22)21(14-13-20-19)15-16-9-5-3-6-10-16/h3,5-6,9-10,17,20H,2,4,7-8,11-15H2,1H3. The molecule has 126 valence electrons. The minimum Gasteiger partial charge on any atom is -0.351 e. The first kappa shape index (κ1) is 16.5. The topological polar surface area (TPSA) is 41.6 Å². The highest BCUT2D eigenvalue weighted by molar-refractivity contribution is 5.86. The van der Waals surface area contributed by atoms with E-state index in [0.29, 0.717) is 19.1 Å². The molecule has 1 unspecified atom stereocenters. The van der Waals surface area contributed by atoms with Gasteiger partial charge in [-0.25, -0.2) is 0 Å². The Bertz CT molecular complexity index is 509. The molecule has 0 spiro atoms. The molecule has 0 aromatic heterocycles. The SMILES string of the molecule is CCOC1(C2CCCCC2)NCCN(Cc2ccccc2)C1=O. The van der Waals surface area contributed by atoms with Crippen LogP contribution in [0.2, 0.25) is 0 Å². The normalized spacial score (nSPS) is 26.5. The first-order chi connectivity index (χ1) is 11.3. The number of ether oxygens (including phenoxy) is 1. The molecular weight excluding hydrogens is 288 g/mol. The average Bonchev–Trinajstić information content (AvgIpc) is 2.60. The summed E-state index contributed by atoms with van der Waals surface area (Å²) in [5.74, 6) is 0.420. The van der Waals surface area contributed by atoms with E-state index in [1.54, 1.807) is 0 Å². The lowest BCUT2D eigenvalue weighted by Gasteiger charge is -2.47. The number of nitrogens with one attached hydrogen (secondary N) is 1. The predicted octanol–water partition coefficient (Wildman–Crippen LogP) is 2.93. The zero-order valence-electron chi connectivity index (χ0n) is 14.1. The largest absolute Gasteiger partial charge is 0.351 e. The van der Waals surface area contributed by atoms with E-state index in [0.717, 1.165) is 25.9 Å². The molecule has 0 radical (unpaired) electrons. The summed E-state index contributed by atoms with van der Waals surface area (Å²) in [6.45, 7) is 4.76. The van der Waals surface area contributed by atoms with Gasteiger partial charge in [-0.3, -0.25) is 10.1 Å². The summed E-state index contributed by atoms with van der Waals surface area (Å²) >= 11 is 0. The Morgan fingerprint density at radius 2 is 1.96 bits per heavy atom. The van der Waals surface area contributed by atoms with Crippen LogP contribution >= 0.6 is 0 Å². The second-order valence-electron chi connectivity index (χ2n) is 6.64. The molecular formula is C19H28N2O2. The van der Waals surface area contributed by atoms with Crippen LogP contribution in [0.1, 0.15) is 44.6 Å². The van der Waals surface area contributed by atoms with Crippen LogP contribution in [0.3, 0.4) is 0 Å². The van der Waals surface area contributed by atoms with E-state index in [1.807, 2.05) is 30.0 Å². The summed E-state index contributed by atoms with van der Waals surface area (Å²) in [4.78, 5) is 15.2. The molecule has 2 fully saturated rings. The van der Waals surface area contributed by atoms with E-state index in [-0.39, 0.29) is 5.91 Å². The predicted molar refractivity (Wildman–Crippen MR) is 90.8 cm³/mol. The molecule has 1 saturated heterocycles. The number of nitrogens with zero attached hydrogens (tertiary/aromatic N) is 1. The van der Waals surface area contributed by atoms with Gasteiger partial charge < -0.3 is 9.64 Å². The van der Waals surface area contributed by atoms with Crippen molar-refractivity contribution >= 4 is 5.91 Å². The minimum absolute atomic E-state index is 0.126. The van der Waals surface area contributed by atoms with E-state index in [1.165, 1.54) is 24.8 Å². The Kier molecular flexibility index (Phi) is 5.34. The molecule has 4 nitrogen and oxygen atoms in total. The number of piperazine rings is 1. The lowest BCUT2D eigenvalue weighted by Crippen LogP contribution is -2.69. The van der Waals surface area contributed by atoms with Gasteiger partial charge in [-0.05, 0) is 25.3 Å². The maximum absolute atomic E-state index is 13.3. The summed E-state index contributed by atoms with van der Waals surface area (Å²) in [5.41, 5.74) is 0.374. The van der Waals surface area contributed by atoms with Gasteiger partial charge in [0.1, 0.15) is 0 Å². The van der Waals surface area contributed by atoms with Crippen molar-refractivity contribution < 1.29 is 9.53 Å². The molecule has 1 aromatic rings. The van der Waals surface area contributed by atoms with Crippen molar-refractivity contribution in [2.45, 2.75) is 51.3 Å². The molecule has 4 heteroatoms. The van der Waals surface area contributed by atoms with E-state index in [9.17, 15) is 4.79 Å². The molecule has 2 aliphatic rings. The van der Waals surface area contributed by atoms with Crippen LogP contribution < -0.4 is 5.32 Å². The first-order valence-electron chi connectivity index (χ1n) is 8.98. The van der Waals surface area contributed by atoms with Gasteiger partial charge in [-0.1, -0.05) is 49.6 Å². The van der Waals surface area contributed by atoms with Crippen LogP contribution in [0.15, 0.2) is 30.3 Å². The lowest BCUT2D eigenvalue weighted by atomic mass is 9.79.